The van der Waals surface area contributed by atoms with Gasteiger partial charge in [-0.05, 0) is 12.1 Å². The molecule has 0 spiro atoms. The highest BCUT2D eigenvalue weighted by Crippen LogP contribution is 2.18. The summed E-state index contributed by atoms with van der Waals surface area (Å²) in [4.78, 5) is 12.2. The first-order valence-corrected chi connectivity index (χ1v) is 5.13. The van der Waals surface area contributed by atoms with Crippen LogP contribution >= 0.6 is 0 Å². The first-order valence-electron chi connectivity index (χ1n) is 5.13. The minimum atomic E-state index is -0.0499. The molecule has 1 fully saturated rings. The molecular weight excluding hydrogens is 192 g/mol. The van der Waals surface area contributed by atoms with E-state index in [1.165, 1.54) is 12.8 Å². The third-order valence-corrected chi connectivity index (χ3v) is 2.49. The van der Waals surface area contributed by atoms with Crippen molar-refractivity contribution in [2.75, 3.05) is 31.6 Å². The first kappa shape index (κ1) is 10.4. The summed E-state index contributed by atoms with van der Waals surface area (Å²) in [6.07, 6.45) is -0.0499. The number of nitrogens with zero attached hydrogens (tertiary/aromatic N) is 1. The van der Waals surface area contributed by atoms with E-state index in [2.05, 4.69) is 22.3 Å². The topological polar surface area (TPSA) is 33.7 Å². The number of anilines is 1. The van der Waals surface area contributed by atoms with Crippen molar-refractivity contribution in [2.24, 2.45) is 0 Å². The van der Waals surface area contributed by atoms with Crippen molar-refractivity contribution in [3.8, 4) is 0 Å². The van der Waals surface area contributed by atoms with Crippen LogP contribution in [-0.2, 0) is 9.78 Å². The number of rotatable bonds is 3. The smallest absolute Gasteiger partial charge is 0.177 e. The predicted octanol–water partition coefficient (Wildman–Crippen LogP) is 1.00. The maximum atomic E-state index is 5.21. The van der Waals surface area contributed by atoms with E-state index in [9.17, 15) is 0 Å². The molecule has 0 aromatic heterocycles. The Morgan fingerprint density at radius 2 is 2.13 bits per heavy atom. The summed E-state index contributed by atoms with van der Waals surface area (Å²) in [6, 6.07) is 10.2. The molecule has 0 saturated carbocycles. The molecule has 15 heavy (non-hydrogen) atoms. The van der Waals surface area contributed by atoms with Crippen LogP contribution in [0.4, 0.5) is 5.69 Å². The van der Waals surface area contributed by atoms with E-state index < -0.39 is 0 Å². The van der Waals surface area contributed by atoms with Gasteiger partial charge in [-0.3, -0.25) is 0 Å². The quantitative estimate of drug-likeness (QED) is 0.593. The van der Waals surface area contributed by atoms with Crippen molar-refractivity contribution < 1.29 is 9.78 Å². The van der Waals surface area contributed by atoms with E-state index in [1.807, 2.05) is 18.2 Å². The van der Waals surface area contributed by atoms with E-state index >= 15 is 0 Å². The van der Waals surface area contributed by atoms with Gasteiger partial charge in [0.2, 0.25) is 0 Å². The summed E-state index contributed by atoms with van der Waals surface area (Å²) in [5, 5.41) is 3.27. The molecule has 82 valence electrons. The SMILES string of the molecule is COOC1CNCCN1c1ccccc1. The molecule has 4 nitrogen and oxygen atoms in total. The van der Waals surface area contributed by atoms with Crippen molar-refractivity contribution in [2.45, 2.75) is 6.23 Å². The Balaban J connectivity index is 2.11. The second-order valence-corrected chi connectivity index (χ2v) is 3.45. The van der Waals surface area contributed by atoms with E-state index in [-0.39, 0.29) is 6.23 Å². The normalized spacial score (nSPS) is 21.7. The van der Waals surface area contributed by atoms with Gasteiger partial charge in [0.15, 0.2) is 6.23 Å². The second kappa shape index (κ2) is 5.11. The van der Waals surface area contributed by atoms with Gasteiger partial charge in [0.05, 0.1) is 7.11 Å². The molecule has 1 heterocycles. The zero-order valence-electron chi connectivity index (χ0n) is 8.85. The minimum Gasteiger partial charge on any atom is -0.341 e. The molecule has 1 atom stereocenters. The Morgan fingerprint density at radius 1 is 1.33 bits per heavy atom. The van der Waals surface area contributed by atoms with Gasteiger partial charge < -0.3 is 10.2 Å². The van der Waals surface area contributed by atoms with Crippen molar-refractivity contribution in [3.05, 3.63) is 30.3 Å². The highest BCUT2D eigenvalue weighted by Gasteiger charge is 2.23. The average Bonchev–Trinajstić information content (AvgIpc) is 2.31. The van der Waals surface area contributed by atoms with Crippen LogP contribution in [0.15, 0.2) is 30.3 Å². The Hall–Kier alpha value is -1.10. The van der Waals surface area contributed by atoms with Crippen molar-refractivity contribution >= 4 is 5.69 Å². The number of hydrogen-bond donors (Lipinski definition) is 1. The van der Waals surface area contributed by atoms with Crippen molar-refractivity contribution in [1.29, 1.82) is 0 Å². The molecule has 1 aromatic rings. The summed E-state index contributed by atoms with van der Waals surface area (Å²) in [5.41, 5.74) is 1.17. The summed E-state index contributed by atoms with van der Waals surface area (Å²) < 4.78 is 0. The molecule has 1 unspecified atom stereocenters. The van der Waals surface area contributed by atoms with Crippen LogP contribution in [-0.4, -0.2) is 33.0 Å². The minimum absolute atomic E-state index is 0.0499. The number of hydrogen-bond acceptors (Lipinski definition) is 4. The highest BCUT2D eigenvalue weighted by molar-refractivity contribution is 5.47. The van der Waals surface area contributed by atoms with Crippen LogP contribution in [0.3, 0.4) is 0 Å². The first-order chi connectivity index (χ1) is 7.42. The van der Waals surface area contributed by atoms with Crippen LogP contribution in [0.5, 0.6) is 0 Å². The zero-order valence-corrected chi connectivity index (χ0v) is 8.85. The molecule has 0 bridgehead atoms. The van der Waals surface area contributed by atoms with Crippen LogP contribution in [0.2, 0.25) is 0 Å². The summed E-state index contributed by atoms with van der Waals surface area (Å²) in [7, 11) is 1.54. The van der Waals surface area contributed by atoms with Crippen molar-refractivity contribution in [3.63, 3.8) is 0 Å². The molecule has 1 saturated heterocycles. The van der Waals surface area contributed by atoms with Crippen LogP contribution in [0, 0.1) is 0 Å². The molecule has 4 heteroatoms. The molecule has 0 aliphatic carbocycles. The lowest BCUT2D eigenvalue weighted by atomic mass is 10.2. The highest BCUT2D eigenvalue weighted by atomic mass is 17.2. The van der Waals surface area contributed by atoms with Crippen molar-refractivity contribution in [1.82, 2.24) is 5.32 Å². The molecule has 0 radical (unpaired) electrons. The Bertz CT molecular complexity index is 290. The molecule has 1 aliphatic heterocycles. The van der Waals surface area contributed by atoms with E-state index in [0.29, 0.717) is 0 Å². The van der Waals surface area contributed by atoms with Gasteiger partial charge in [-0.25, -0.2) is 9.78 Å². The lowest BCUT2D eigenvalue weighted by molar-refractivity contribution is -0.304. The largest absolute Gasteiger partial charge is 0.341 e. The third kappa shape index (κ3) is 2.47. The Morgan fingerprint density at radius 3 is 2.87 bits per heavy atom. The number of nitrogens with one attached hydrogen (secondary N) is 1. The standard InChI is InChI=1S/C11H16N2O2/c1-14-15-11-9-12-7-8-13(11)10-5-3-2-4-6-10/h2-6,11-12H,7-9H2,1H3. The van der Waals surface area contributed by atoms with E-state index in [1.54, 1.807) is 0 Å². The second-order valence-electron chi connectivity index (χ2n) is 3.45. The fourth-order valence-corrected chi connectivity index (χ4v) is 1.79. The van der Waals surface area contributed by atoms with Crippen LogP contribution in [0.1, 0.15) is 0 Å². The zero-order chi connectivity index (χ0) is 10.5. The van der Waals surface area contributed by atoms with Gasteiger partial charge in [0.25, 0.3) is 0 Å². The monoisotopic (exact) mass is 208 g/mol. The Labute approximate surface area is 89.7 Å². The van der Waals surface area contributed by atoms with E-state index in [4.69, 9.17) is 9.78 Å². The van der Waals surface area contributed by atoms with Gasteiger partial charge in [-0.2, -0.15) is 0 Å². The van der Waals surface area contributed by atoms with Crippen LogP contribution in [0.25, 0.3) is 0 Å². The number of para-hydroxylation sites is 1. The van der Waals surface area contributed by atoms with E-state index in [0.717, 1.165) is 19.6 Å². The molecule has 1 aromatic carbocycles. The van der Waals surface area contributed by atoms with Gasteiger partial charge in [0, 0.05) is 25.3 Å². The lowest BCUT2D eigenvalue weighted by Crippen LogP contribution is -2.52. The molecular formula is C11H16N2O2. The fourth-order valence-electron chi connectivity index (χ4n) is 1.79. The summed E-state index contributed by atoms with van der Waals surface area (Å²) in [6.45, 7) is 2.68. The predicted molar refractivity (Wildman–Crippen MR) is 58.5 cm³/mol. The summed E-state index contributed by atoms with van der Waals surface area (Å²) >= 11 is 0. The maximum absolute atomic E-state index is 5.21. The molecule has 0 amide bonds. The maximum Gasteiger partial charge on any atom is 0.177 e. The summed E-state index contributed by atoms with van der Waals surface area (Å²) in [5.74, 6) is 0. The fraction of sp³-hybridized carbons (Fsp3) is 0.455. The molecule has 1 aliphatic rings. The van der Waals surface area contributed by atoms with Gasteiger partial charge in [-0.15, -0.1) is 0 Å². The van der Waals surface area contributed by atoms with Gasteiger partial charge in [-0.1, -0.05) is 18.2 Å². The van der Waals surface area contributed by atoms with Gasteiger partial charge >= 0.3 is 0 Å². The lowest BCUT2D eigenvalue weighted by Gasteiger charge is -2.36. The number of piperazine rings is 1. The molecule has 2 rings (SSSR count). The Kier molecular flexibility index (Phi) is 3.55. The average molecular weight is 208 g/mol. The number of benzene rings is 1. The molecule has 1 N–H and O–H groups in total. The van der Waals surface area contributed by atoms with Crippen LogP contribution < -0.4 is 10.2 Å². The van der Waals surface area contributed by atoms with Gasteiger partial charge in [0.1, 0.15) is 0 Å². The third-order valence-electron chi connectivity index (χ3n) is 2.49.